The Morgan fingerprint density at radius 1 is 1.12 bits per heavy atom. The fraction of sp³-hybridized carbons (Fsp3) is 0.286. The molecule has 0 aliphatic heterocycles. The van der Waals surface area contributed by atoms with Gasteiger partial charge in [0.05, 0.1) is 6.26 Å². The molecule has 0 radical (unpaired) electrons. The lowest BCUT2D eigenvalue weighted by atomic mass is 10.1. The second kappa shape index (κ2) is 7.43. The fourth-order valence-electron chi connectivity index (χ4n) is 2.60. The monoisotopic (exact) mass is 338 g/mol. The average molecular weight is 338 g/mol. The van der Waals surface area contributed by atoms with Crippen LogP contribution >= 0.6 is 0 Å². The molecular weight excluding hydrogens is 316 g/mol. The van der Waals surface area contributed by atoms with E-state index in [0.29, 0.717) is 17.8 Å². The van der Waals surface area contributed by atoms with Gasteiger partial charge in [0.1, 0.15) is 17.8 Å². The molecule has 25 heavy (non-hydrogen) atoms. The zero-order chi connectivity index (χ0) is 17.8. The van der Waals surface area contributed by atoms with E-state index < -0.39 is 5.63 Å². The van der Waals surface area contributed by atoms with Crippen LogP contribution in [-0.4, -0.2) is 6.61 Å². The van der Waals surface area contributed by atoms with E-state index in [1.54, 1.807) is 18.4 Å². The highest BCUT2D eigenvalue weighted by Gasteiger charge is 2.09. The van der Waals surface area contributed by atoms with E-state index in [1.165, 1.54) is 5.57 Å². The van der Waals surface area contributed by atoms with Gasteiger partial charge in [-0.2, -0.15) is 0 Å². The molecule has 0 amide bonds. The Morgan fingerprint density at radius 2 is 1.96 bits per heavy atom. The van der Waals surface area contributed by atoms with Crippen molar-refractivity contribution in [2.75, 3.05) is 6.61 Å². The lowest BCUT2D eigenvalue weighted by molar-refractivity contribution is 0.332. The smallest absolute Gasteiger partial charge is 0.379 e. The number of ether oxygens (including phenoxy) is 1. The molecule has 0 unspecified atom stereocenters. The van der Waals surface area contributed by atoms with Gasteiger partial charge in [-0.1, -0.05) is 17.7 Å². The van der Waals surface area contributed by atoms with Crippen molar-refractivity contribution in [2.45, 2.75) is 33.6 Å². The zero-order valence-corrected chi connectivity index (χ0v) is 14.8. The lowest BCUT2D eigenvalue weighted by Gasteiger charge is -2.06. The molecule has 0 aliphatic carbocycles. The Morgan fingerprint density at radius 3 is 2.76 bits per heavy atom. The first kappa shape index (κ1) is 17.1. The van der Waals surface area contributed by atoms with Gasteiger partial charge in [-0.25, -0.2) is 4.79 Å². The van der Waals surface area contributed by atoms with Crippen LogP contribution in [0.5, 0.6) is 5.75 Å². The summed E-state index contributed by atoms with van der Waals surface area (Å²) in [4.78, 5) is 12.1. The van der Waals surface area contributed by atoms with Gasteiger partial charge in [-0.15, -0.1) is 0 Å². The molecule has 0 atom stereocenters. The summed E-state index contributed by atoms with van der Waals surface area (Å²) in [5, 5.41) is 1.77. The molecule has 130 valence electrons. The Hall–Kier alpha value is -2.75. The van der Waals surface area contributed by atoms with Crippen LogP contribution in [0.25, 0.3) is 21.9 Å². The van der Waals surface area contributed by atoms with Crippen LogP contribution in [0.3, 0.4) is 0 Å². The molecule has 0 spiro atoms. The molecule has 4 nitrogen and oxygen atoms in total. The molecular formula is C21H22O4. The quantitative estimate of drug-likeness (QED) is 0.433. The summed E-state index contributed by atoms with van der Waals surface area (Å²) in [6.07, 6.45) is 7.88. The van der Waals surface area contributed by atoms with Crippen LogP contribution in [0.1, 0.15) is 33.6 Å². The Labute approximate surface area is 146 Å². The number of hydrogen-bond donors (Lipinski definition) is 0. The van der Waals surface area contributed by atoms with Crippen molar-refractivity contribution < 1.29 is 13.6 Å². The van der Waals surface area contributed by atoms with Gasteiger partial charge in [0.2, 0.25) is 5.75 Å². The number of fused-ring (bicyclic) bond motifs is 2. The summed E-state index contributed by atoms with van der Waals surface area (Å²) >= 11 is 0. The molecule has 3 aromatic rings. The highest BCUT2D eigenvalue weighted by Crippen LogP contribution is 2.25. The van der Waals surface area contributed by atoms with E-state index >= 15 is 0 Å². The van der Waals surface area contributed by atoms with Crippen molar-refractivity contribution in [1.29, 1.82) is 0 Å². The van der Waals surface area contributed by atoms with Gasteiger partial charge in [0, 0.05) is 16.8 Å². The summed E-state index contributed by atoms with van der Waals surface area (Å²) < 4.78 is 16.4. The third-order valence-corrected chi connectivity index (χ3v) is 4.25. The van der Waals surface area contributed by atoms with E-state index in [0.717, 1.165) is 29.2 Å². The molecule has 2 heterocycles. The fourth-order valence-corrected chi connectivity index (χ4v) is 2.60. The predicted molar refractivity (Wildman–Crippen MR) is 100 cm³/mol. The molecule has 0 bridgehead atoms. The number of hydrogen-bond acceptors (Lipinski definition) is 4. The predicted octanol–water partition coefficient (Wildman–Crippen LogP) is 5.61. The first-order valence-electron chi connectivity index (χ1n) is 8.42. The minimum Gasteiger partial charge on any atom is -0.482 e. The summed E-state index contributed by atoms with van der Waals surface area (Å²) in [5.74, 6) is 0.229. The van der Waals surface area contributed by atoms with E-state index in [2.05, 4.69) is 19.1 Å². The Balaban J connectivity index is 1.74. The highest BCUT2D eigenvalue weighted by atomic mass is 16.5. The van der Waals surface area contributed by atoms with Crippen molar-refractivity contribution in [1.82, 2.24) is 0 Å². The zero-order valence-electron chi connectivity index (χ0n) is 14.8. The largest absolute Gasteiger partial charge is 0.482 e. The topological polar surface area (TPSA) is 52.6 Å². The average Bonchev–Trinajstić information content (AvgIpc) is 3.05. The van der Waals surface area contributed by atoms with Gasteiger partial charge in [0.15, 0.2) is 0 Å². The number of benzene rings is 1. The number of allylic oxidation sites excluding steroid dienone is 3. The van der Waals surface area contributed by atoms with Crippen molar-refractivity contribution in [3.05, 3.63) is 64.2 Å². The van der Waals surface area contributed by atoms with Crippen LogP contribution in [0.15, 0.2) is 67.5 Å². The van der Waals surface area contributed by atoms with Crippen LogP contribution in [0, 0.1) is 0 Å². The number of furan rings is 1. The maximum Gasteiger partial charge on any atom is 0.379 e. The molecule has 0 saturated heterocycles. The van der Waals surface area contributed by atoms with Crippen molar-refractivity contribution in [3.63, 3.8) is 0 Å². The van der Waals surface area contributed by atoms with Crippen LogP contribution in [-0.2, 0) is 0 Å². The summed E-state index contributed by atoms with van der Waals surface area (Å²) in [6.45, 7) is 6.55. The third kappa shape index (κ3) is 4.02. The van der Waals surface area contributed by atoms with Crippen molar-refractivity contribution in [2.24, 2.45) is 0 Å². The van der Waals surface area contributed by atoms with Crippen LogP contribution < -0.4 is 10.4 Å². The molecule has 3 rings (SSSR count). The van der Waals surface area contributed by atoms with E-state index in [-0.39, 0.29) is 5.75 Å². The maximum atomic E-state index is 12.1. The van der Waals surface area contributed by atoms with E-state index in [1.807, 2.05) is 26.0 Å². The molecule has 0 N–H and O–H groups in total. The summed E-state index contributed by atoms with van der Waals surface area (Å²) in [7, 11) is 0. The standard InChI is InChI=1S/C21H22O4/c1-4-14(2)6-5-7-15(3)13-24-20-11-17-10-16-8-9-23-18(16)12-19(17)25-21(20)22/h4,7-12H,5-6,13H2,1-3H3/b14-4+,15-7?. The number of rotatable bonds is 6. The second-order valence-corrected chi connectivity index (χ2v) is 6.26. The Kier molecular flexibility index (Phi) is 5.08. The molecule has 4 heteroatoms. The Bertz CT molecular complexity index is 1000. The van der Waals surface area contributed by atoms with E-state index in [4.69, 9.17) is 13.6 Å². The normalized spacial score (nSPS) is 12.9. The van der Waals surface area contributed by atoms with Crippen molar-refractivity contribution in [3.8, 4) is 5.75 Å². The SMILES string of the molecule is C/C=C(\C)CCC=C(C)COc1cc2cc3ccoc3cc2oc1=O. The van der Waals surface area contributed by atoms with Gasteiger partial charge in [-0.3, -0.25) is 0 Å². The second-order valence-electron chi connectivity index (χ2n) is 6.26. The highest BCUT2D eigenvalue weighted by molar-refractivity contribution is 5.93. The molecule has 0 aliphatic rings. The van der Waals surface area contributed by atoms with Gasteiger partial charge < -0.3 is 13.6 Å². The molecule has 1 aromatic carbocycles. The van der Waals surface area contributed by atoms with Gasteiger partial charge in [0.25, 0.3) is 0 Å². The lowest BCUT2D eigenvalue weighted by Crippen LogP contribution is -2.08. The van der Waals surface area contributed by atoms with Crippen LogP contribution in [0.4, 0.5) is 0 Å². The summed E-state index contributed by atoms with van der Waals surface area (Å²) in [6, 6.07) is 7.25. The first-order chi connectivity index (χ1) is 12.1. The summed E-state index contributed by atoms with van der Waals surface area (Å²) in [5.41, 5.74) is 3.17. The third-order valence-electron chi connectivity index (χ3n) is 4.25. The minimum absolute atomic E-state index is 0.229. The van der Waals surface area contributed by atoms with Crippen molar-refractivity contribution >= 4 is 21.9 Å². The maximum absolute atomic E-state index is 12.1. The molecule has 0 fully saturated rings. The minimum atomic E-state index is -0.476. The van der Waals surface area contributed by atoms with Gasteiger partial charge >= 0.3 is 5.63 Å². The van der Waals surface area contributed by atoms with Gasteiger partial charge in [-0.05, 0) is 57.4 Å². The first-order valence-corrected chi connectivity index (χ1v) is 8.42. The van der Waals surface area contributed by atoms with E-state index in [9.17, 15) is 4.79 Å². The van der Waals surface area contributed by atoms with Crippen LogP contribution in [0.2, 0.25) is 0 Å². The molecule has 2 aromatic heterocycles. The molecule has 0 saturated carbocycles.